The quantitative estimate of drug-likeness (QED) is 0.194. The molecule has 0 heterocycles. The van der Waals surface area contributed by atoms with Crippen molar-refractivity contribution < 1.29 is 112 Å². The van der Waals surface area contributed by atoms with Crippen LogP contribution in [-0.4, -0.2) is 43.4 Å². The van der Waals surface area contributed by atoms with Crippen molar-refractivity contribution in [1.29, 1.82) is 0 Å². The first-order valence-electron chi connectivity index (χ1n) is 8.35. The molecule has 11 heteroatoms. The van der Waals surface area contributed by atoms with E-state index in [0.29, 0.717) is 25.1 Å². The van der Waals surface area contributed by atoms with Gasteiger partial charge in [-0.15, -0.1) is 0 Å². The monoisotopic (exact) mass is 607 g/mol. The van der Waals surface area contributed by atoms with Crippen molar-refractivity contribution in [3.8, 4) is 0 Å². The van der Waals surface area contributed by atoms with Crippen molar-refractivity contribution in [1.82, 2.24) is 5.32 Å². The number of methoxy groups -OCH3 is 1. The number of ether oxygens (including phenoxy) is 1. The van der Waals surface area contributed by atoms with Crippen molar-refractivity contribution in [2.24, 2.45) is 16.7 Å². The van der Waals surface area contributed by atoms with Crippen LogP contribution in [0.25, 0.3) is 0 Å². The molecule has 0 radical (unpaired) electrons. The van der Waals surface area contributed by atoms with Crippen molar-refractivity contribution in [3.05, 3.63) is 0 Å². The van der Waals surface area contributed by atoms with Gasteiger partial charge in [0, 0.05) is 0 Å². The van der Waals surface area contributed by atoms with Gasteiger partial charge in [0.2, 0.25) is 0 Å². The molecule has 0 saturated heterocycles. The number of hydrogen-bond acceptors (Lipinski definition) is 7. The molecule has 140 valence electrons. The number of nitrogens with one attached hydrogen (secondary N) is 1. The minimum absolute atomic E-state index is 0. The molecule has 0 bridgehead atoms. The zero-order valence-corrected chi connectivity index (χ0v) is 27.6. The standard InChI is InChI=1S/C14H25NO4S.C2H3O2.Hg.2Na/c1-13(2)10(11(16)17)5-6-14(13,3)12(18)15-7-9(8-20)19-4;1-2(3)4;;;/h9-10,20H,5-8H2,1-4H3,(H,15,18)(H,16,17);1H2,(H,3,4);;;/q;;3*+1/p-3. The van der Waals surface area contributed by atoms with Gasteiger partial charge in [0.25, 0.3) is 0 Å². The summed E-state index contributed by atoms with van der Waals surface area (Å²) >= 11 is -1.53. The molecule has 1 aliphatic rings. The molecule has 3 atom stereocenters. The molecule has 0 aromatic heterocycles. The van der Waals surface area contributed by atoms with Crippen LogP contribution in [0.15, 0.2) is 0 Å². The summed E-state index contributed by atoms with van der Waals surface area (Å²) < 4.78 is 5.55. The second kappa shape index (κ2) is 13.9. The third kappa shape index (κ3) is 8.36. The minimum Gasteiger partial charge on any atom is 1.00 e. The second-order valence-electron chi connectivity index (χ2n) is 7.23. The molecule has 3 unspecified atom stereocenters. The first-order valence-corrected chi connectivity index (χ1v) is 20.1. The number of carboxylic acid groups (broad SMARTS) is 2. The largest absolute Gasteiger partial charge is 1.00 e. The fourth-order valence-electron chi connectivity index (χ4n) is 3.30. The molecule has 27 heavy (non-hydrogen) atoms. The summed E-state index contributed by atoms with van der Waals surface area (Å²) in [5.41, 5.74) is -1.48. The number of carbonyl (C=O) groups is 3. The predicted molar refractivity (Wildman–Crippen MR) is 85.7 cm³/mol. The summed E-state index contributed by atoms with van der Waals surface area (Å²) in [6.07, 6.45) is 0.737. The average molecular weight is 606 g/mol. The van der Waals surface area contributed by atoms with E-state index in [-0.39, 0.29) is 75.1 Å². The summed E-state index contributed by atoms with van der Waals surface area (Å²) in [5.74, 6) is -2.26. The van der Waals surface area contributed by atoms with E-state index in [1.54, 1.807) is 36.1 Å². The van der Waals surface area contributed by atoms with Gasteiger partial charge in [0.05, 0.1) is 0 Å². The number of carboxylic acids is 2. The summed E-state index contributed by atoms with van der Waals surface area (Å²) in [5, 5.41) is 24.7. The SMILES string of the molecule is COC(CNC(=O)C1(C)CCC(C(=O)[O-])C1(C)C)C[S][Hg][CH2]C(=O)[O-].[Na+].[Na+]. The Morgan fingerprint density at radius 2 is 1.85 bits per heavy atom. The molecule has 1 fully saturated rings. The Morgan fingerprint density at radius 3 is 2.30 bits per heavy atom. The summed E-state index contributed by atoms with van der Waals surface area (Å²) in [4.78, 5) is 34.5. The average Bonchev–Trinajstić information content (AvgIpc) is 2.77. The molecule has 0 aliphatic heterocycles. The number of rotatable bonds is 10. The van der Waals surface area contributed by atoms with Gasteiger partial charge in [-0.3, -0.25) is 0 Å². The van der Waals surface area contributed by atoms with E-state index in [4.69, 9.17) is 4.74 Å². The van der Waals surface area contributed by atoms with E-state index in [9.17, 15) is 24.6 Å². The van der Waals surface area contributed by atoms with Gasteiger partial charge in [0.15, 0.2) is 0 Å². The number of aliphatic carboxylic acids is 2. The first kappa shape index (κ1) is 30.8. The van der Waals surface area contributed by atoms with Crippen LogP contribution in [-0.2, 0) is 42.2 Å². The maximum Gasteiger partial charge on any atom is 1.00 e. The van der Waals surface area contributed by atoms with Gasteiger partial charge < -0.3 is 0 Å². The first-order chi connectivity index (χ1) is 11.6. The molecule has 7 nitrogen and oxygen atoms in total. The van der Waals surface area contributed by atoms with E-state index >= 15 is 0 Å². The van der Waals surface area contributed by atoms with Gasteiger partial charge in [-0.25, -0.2) is 0 Å². The maximum absolute atomic E-state index is 12.7. The van der Waals surface area contributed by atoms with Gasteiger partial charge in [-0.05, 0) is 0 Å². The van der Waals surface area contributed by atoms with E-state index in [1.165, 1.54) is 0 Å². The molecular formula is C16H25HgNNa2O6S. The number of hydrogen-bond donors (Lipinski definition) is 1. The Kier molecular flexibility index (Phi) is 15.8. The number of amides is 1. The van der Waals surface area contributed by atoms with Crippen LogP contribution in [0, 0.1) is 16.7 Å². The summed E-state index contributed by atoms with van der Waals surface area (Å²) in [7, 11) is 3.20. The summed E-state index contributed by atoms with van der Waals surface area (Å²) in [6, 6.07) is 0. The van der Waals surface area contributed by atoms with E-state index in [0.717, 1.165) is 0 Å². The molecule has 1 N–H and O–H groups in total. The zero-order chi connectivity index (χ0) is 19.3. The molecule has 1 amide bonds. The molecule has 0 aromatic carbocycles. The van der Waals surface area contributed by atoms with E-state index in [1.807, 2.05) is 0 Å². The third-order valence-electron chi connectivity index (χ3n) is 5.59. The van der Waals surface area contributed by atoms with Gasteiger partial charge in [-0.2, -0.15) is 0 Å². The summed E-state index contributed by atoms with van der Waals surface area (Å²) in [6.45, 7) is 5.74. The molecule has 1 aliphatic carbocycles. The van der Waals surface area contributed by atoms with Crippen molar-refractivity contribution in [2.75, 3.05) is 19.4 Å². The maximum atomic E-state index is 12.7. The van der Waals surface area contributed by atoms with Crippen LogP contribution in [0.1, 0.15) is 33.6 Å². The second-order valence-corrected chi connectivity index (χ2v) is 19.8. The minimum atomic E-state index is -1.53. The van der Waals surface area contributed by atoms with Gasteiger partial charge >= 0.3 is 223 Å². The Bertz CT molecular complexity index is 525. The number of carbonyl (C=O) groups excluding carboxylic acids is 3. The van der Waals surface area contributed by atoms with Gasteiger partial charge in [-0.1, -0.05) is 0 Å². The van der Waals surface area contributed by atoms with Crippen LogP contribution < -0.4 is 74.6 Å². The smallest absolute Gasteiger partial charge is 1.00 e. The Labute approximate surface area is 220 Å². The topological polar surface area (TPSA) is 119 Å². The molecule has 0 spiro atoms. The normalized spacial score (nSPS) is 23.9. The predicted octanol–water partition coefficient (Wildman–Crippen LogP) is -6.78. The fourth-order valence-corrected chi connectivity index (χ4v) is 12.9. The Hall–Kier alpha value is 1.66. The van der Waals surface area contributed by atoms with Crippen molar-refractivity contribution in [3.63, 3.8) is 0 Å². The molecular weight excluding hydrogens is 581 g/mol. The van der Waals surface area contributed by atoms with Crippen molar-refractivity contribution >= 4 is 26.1 Å². The van der Waals surface area contributed by atoms with E-state index in [2.05, 4.69) is 5.32 Å². The van der Waals surface area contributed by atoms with Crippen LogP contribution in [0.5, 0.6) is 0 Å². The van der Waals surface area contributed by atoms with Crippen LogP contribution in [0.2, 0.25) is 3.93 Å². The molecule has 1 saturated carbocycles. The molecule has 1 rings (SSSR count). The molecule has 0 aromatic rings. The van der Waals surface area contributed by atoms with Gasteiger partial charge in [0.1, 0.15) is 0 Å². The Balaban J connectivity index is 0. The third-order valence-corrected chi connectivity index (χ3v) is 16.8. The Morgan fingerprint density at radius 1 is 1.26 bits per heavy atom. The zero-order valence-electron chi connectivity index (χ0n) is 17.3. The van der Waals surface area contributed by atoms with Crippen LogP contribution in [0.3, 0.4) is 0 Å². The van der Waals surface area contributed by atoms with E-state index < -0.39 is 51.7 Å². The fraction of sp³-hybridized carbons (Fsp3) is 0.812. The van der Waals surface area contributed by atoms with Crippen LogP contribution in [0.4, 0.5) is 0 Å². The van der Waals surface area contributed by atoms with Crippen molar-refractivity contribution in [2.45, 2.75) is 43.6 Å². The van der Waals surface area contributed by atoms with Crippen LogP contribution >= 0.6 is 8.24 Å².